The molecule has 0 bridgehead atoms. The number of aromatic nitrogens is 1. The smallest absolute Gasteiger partial charge is 0.125 e. The molecule has 1 aromatic heterocycles. The van der Waals surface area contributed by atoms with Crippen molar-refractivity contribution in [2.24, 2.45) is 5.92 Å². The molecule has 0 radical (unpaired) electrons. The van der Waals surface area contributed by atoms with Gasteiger partial charge in [0, 0.05) is 30.7 Å². The van der Waals surface area contributed by atoms with Crippen molar-refractivity contribution in [3.8, 4) is 10.6 Å². The standard InChI is InChI=1S/C19H24ClN3S/c20-18-17(23-19(24-18)13-6-2-1-3-7-13)12-21-11-15-10-14-8-4-5-9-16(14)22-15/h1-3,6-7,14-16,21-22H,4-5,8-12H2/t14-,15-,16-/m0/s1. The number of rotatable bonds is 5. The van der Waals surface area contributed by atoms with Crippen LogP contribution in [0, 0.1) is 5.92 Å². The third kappa shape index (κ3) is 3.67. The van der Waals surface area contributed by atoms with Crippen LogP contribution in [0.2, 0.25) is 4.34 Å². The van der Waals surface area contributed by atoms with Gasteiger partial charge in [-0.1, -0.05) is 54.8 Å². The molecule has 2 aliphatic rings. The van der Waals surface area contributed by atoms with Crippen LogP contribution in [-0.2, 0) is 6.54 Å². The first-order chi connectivity index (χ1) is 11.8. The van der Waals surface area contributed by atoms with Gasteiger partial charge in [-0.3, -0.25) is 0 Å². The van der Waals surface area contributed by atoms with Gasteiger partial charge >= 0.3 is 0 Å². The zero-order valence-corrected chi connectivity index (χ0v) is 15.4. The zero-order valence-electron chi connectivity index (χ0n) is 13.8. The van der Waals surface area contributed by atoms with Crippen molar-refractivity contribution in [2.75, 3.05) is 6.54 Å². The van der Waals surface area contributed by atoms with E-state index in [0.717, 1.165) is 45.7 Å². The lowest BCUT2D eigenvalue weighted by Gasteiger charge is -2.24. The zero-order chi connectivity index (χ0) is 16.4. The average Bonchev–Trinajstić information content (AvgIpc) is 3.19. The monoisotopic (exact) mass is 361 g/mol. The molecule has 3 nitrogen and oxygen atoms in total. The van der Waals surface area contributed by atoms with Crippen molar-refractivity contribution in [1.29, 1.82) is 0 Å². The number of hydrogen-bond acceptors (Lipinski definition) is 4. The Bertz CT molecular complexity index is 659. The second-order valence-corrected chi connectivity index (χ2v) is 8.59. The van der Waals surface area contributed by atoms with Gasteiger partial charge in [-0.05, 0) is 25.2 Å². The highest BCUT2D eigenvalue weighted by atomic mass is 35.5. The third-order valence-electron chi connectivity index (χ3n) is 5.30. The van der Waals surface area contributed by atoms with E-state index < -0.39 is 0 Å². The summed E-state index contributed by atoms with van der Waals surface area (Å²) in [7, 11) is 0. The number of benzene rings is 1. The Morgan fingerprint density at radius 1 is 1.21 bits per heavy atom. The van der Waals surface area contributed by atoms with E-state index in [2.05, 4.69) is 22.8 Å². The highest BCUT2D eigenvalue weighted by Crippen LogP contribution is 2.33. The van der Waals surface area contributed by atoms with Crippen LogP contribution in [0.3, 0.4) is 0 Å². The summed E-state index contributed by atoms with van der Waals surface area (Å²) >= 11 is 7.96. The first-order valence-corrected chi connectivity index (χ1v) is 10.2. The summed E-state index contributed by atoms with van der Waals surface area (Å²) in [5, 5.41) is 8.37. The van der Waals surface area contributed by atoms with Gasteiger partial charge in [0.1, 0.15) is 9.34 Å². The van der Waals surface area contributed by atoms with Crippen LogP contribution < -0.4 is 10.6 Å². The molecule has 1 aliphatic heterocycles. The summed E-state index contributed by atoms with van der Waals surface area (Å²) in [6.45, 7) is 1.75. The summed E-state index contributed by atoms with van der Waals surface area (Å²) < 4.78 is 0.800. The molecule has 0 unspecified atom stereocenters. The normalized spacial score (nSPS) is 26.5. The van der Waals surface area contributed by atoms with Gasteiger partial charge in [0.2, 0.25) is 0 Å². The molecule has 3 atom stereocenters. The van der Waals surface area contributed by atoms with Crippen molar-refractivity contribution >= 4 is 22.9 Å². The van der Waals surface area contributed by atoms with Gasteiger partial charge in [0.15, 0.2) is 0 Å². The van der Waals surface area contributed by atoms with Crippen molar-refractivity contribution in [1.82, 2.24) is 15.6 Å². The molecule has 2 heterocycles. The highest BCUT2D eigenvalue weighted by molar-refractivity contribution is 7.19. The van der Waals surface area contributed by atoms with E-state index in [-0.39, 0.29) is 0 Å². The van der Waals surface area contributed by atoms with E-state index in [4.69, 9.17) is 16.6 Å². The van der Waals surface area contributed by atoms with Gasteiger partial charge in [-0.2, -0.15) is 0 Å². The van der Waals surface area contributed by atoms with Crippen LogP contribution in [0.5, 0.6) is 0 Å². The number of nitrogens with zero attached hydrogens (tertiary/aromatic N) is 1. The van der Waals surface area contributed by atoms with Gasteiger partial charge < -0.3 is 10.6 Å². The SMILES string of the molecule is Clc1sc(-c2ccccc2)nc1CNC[C@@H]1C[C@@H]2CCCC[C@@H]2N1. The fraction of sp³-hybridized carbons (Fsp3) is 0.526. The molecule has 4 rings (SSSR count). The van der Waals surface area contributed by atoms with Crippen LogP contribution in [0.1, 0.15) is 37.8 Å². The Balaban J connectivity index is 1.31. The molecule has 2 aromatic rings. The number of nitrogens with one attached hydrogen (secondary N) is 2. The maximum atomic E-state index is 6.39. The Morgan fingerprint density at radius 2 is 2.04 bits per heavy atom. The van der Waals surface area contributed by atoms with Crippen molar-refractivity contribution in [3.63, 3.8) is 0 Å². The Morgan fingerprint density at radius 3 is 2.88 bits per heavy atom. The average molecular weight is 362 g/mol. The summed E-state index contributed by atoms with van der Waals surface area (Å²) in [4.78, 5) is 4.72. The first kappa shape index (κ1) is 16.5. The van der Waals surface area contributed by atoms with Crippen molar-refractivity contribution in [2.45, 2.75) is 50.7 Å². The number of hydrogen-bond donors (Lipinski definition) is 2. The summed E-state index contributed by atoms with van der Waals surface area (Å²) in [6, 6.07) is 11.6. The lowest BCUT2D eigenvalue weighted by Crippen LogP contribution is -2.38. The van der Waals surface area contributed by atoms with E-state index in [1.165, 1.54) is 32.1 Å². The highest BCUT2D eigenvalue weighted by Gasteiger charge is 2.34. The molecule has 1 saturated carbocycles. The van der Waals surface area contributed by atoms with Crippen molar-refractivity contribution in [3.05, 3.63) is 40.4 Å². The molecular formula is C19H24ClN3S. The molecule has 0 spiro atoms. The largest absolute Gasteiger partial charge is 0.310 e. The predicted molar refractivity (Wildman–Crippen MR) is 102 cm³/mol. The minimum absolute atomic E-state index is 0.601. The van der Waals surface area contributed by atoms with Crippen LogP contribution >= 0.6 is 22.9 Å². The fourth-order valence-electron chi connectivity index (χ4n) is 4.10. The van der Waals surface area contributed by atoms with Gasteiger partial charge in [-0.15, -0.1) is 11.3 Å². The van der Waals surface area contributed by atoms with E-state index in [1.54, 1.807) is 11.3 Å². The molecule has 1 aromatic carbocycles. The number of halogens is 1. The van der Waals surface area contributed by atoms with E-state index in [9.17, 15) is 0 Å². The number of fused-ring (bicyclic) bond motifs is 1. The van der Waals surface area contributed by atoms with Gasteiger partial charge in [0.05, 0.1) is 5.69 Å². The second kappa shape index (κ2) is 7.52. The maximum Gasteiger partial charge on any atom is 0.125 e. The lowest BCUT2D eigenvalue weighted by molar-refractivity contribution is 0.325. The first-order valence-electron chi connectivity index (χ1n) is 8.97. The molecule has 1 aliphatic carbocycles. The summed E-state index contributed by atoms with van der Waals surface area (Å²) in [5.74, 6) is 0.901. The van der Waals surface area contributed by atoms with Crippen molar-refractivity contribution < 1.29 is 0 Å². The maximum absolute atomic E-state index is 6.39. The molecule has 2 fully saturated rings. The molecule has 24 heavy (non-hydrogen) atoms. The summed E-state index contributed by atoms with van der Waals surface area (Å²) in [5.41, 5.74) is 2.10. The lowest BCUT2D eigenvalue weighted by atomic mass is 9.85. The minimum atomic E-state index is 0.601. The van der Waals surface area contributed by atoms with E-state index >= 15 is 0 Å². The topological polar surface area (TPSA) is 37.0 Å². The summed E-state index contributed by atoms with van der Waals surface area (Å²) in [6.07, 6.45) is 6.90. The Labute approximate surface area is 152 Å². The molecule has 1 saturated heterocycles. The van der Waals surface area contributed by atoms with Crippen LogP contribution in [0.15, 0.2) is 30.3 Å². The molecule has 0 amide bonds. The molecule has 5 heteroatoms. The van der Waals surface area contributed by atoms with Gasteiger partial charge in [0.25, 0.3) is 0 Å². The Kier molecular flexibility index (Phi) is 5.18. The minimum Gasteiger partial charge on any atom is -0.310 e. The molecule has 2 N–H and O–H groups in total. The van der Waals surface area contributed by atoms with Crippen LogP contribution in [0.4, 0.5) is 0 Å². The molecule has 128 valence electrons. The van der Waals surface area contributed by atoms with Crippen LogP contribution in [-0.4, -0.2) is 23.6 Å². The third-order valence-corrected chi connectivity index (χ3v) is 6.68. The van der Waals surface area contributed by atoms with E-state index in [0.29, 0.717) is 6.04 Å². The van der Waals surface area contributed by atoms with Crippen LogP contribution in [0.25, 0.3) is 10.6 Å². The quantitative estimate of drug-likeness (QED) is 0.824. The fourth-order valence-corrected chi connectivity index (χ4v) is 5.24. The molecular weight excluding hydrogens is 338 g/mol. The Hall–Kier alpha value is -0.940. The second-order valence-electron chi connectivity index (χ2n) is 6.99. The number of thiazole rings is 1. The van der Waals surface area contributed by atoms with Gasteiger partial charge in [-0.25, -0.2) is 4.98 Å². The van der Waals surface area contributed by atoms with E-state index in [1.807, 2.05) is 18.2 Å². The predicted octanol–water partition coefficient (Wildman–Crippen LogP) is 4.47.